The second-order valence-corrected chi connectivity index (χ2v) is 8.66. The van der Waals surface area contributed by atoms with Gasteiger partial charge in [0.1, 0.15) is 12.1 Å². The van der Waals surface area contributed by atoms with Gasteiger partial charge in [-0.25, -0.2) is 9.59 Å². The van der Waals surface area contributed by atoms with Crippen LogP contribution in [0.4, 0.5) is 10.5 Å². The largest absolute Gasteiger partial charge is 0.450 e. The Kier molecular flexibility index (Phi) is 6.75. The van der Waals surface area contributed by atoms with Gasteiger partial charge in [-0.2, -0.15) is 0 Å². The van der Waals surface area contributed by atoms with E-state index in [1.807, 2.05) is 17.5 Å². The van der Waals surface area contributed by atoms with E-state index in [0.29, 0.717) is 39.0 Å². The third-order valence-electron chi connectivity index (χ3n) is 4.48. The molecule has 0 radical (unpaired) electrons. The van der Waals surface area contributed by atoms with Gasteiger partial charge in [-0.05, 0) is 36.1 Å². The molecule has 0 aliphatic heterocycles. The Morgan fingerprint density at radius 2 is 2.12 bits per heavy atom. The van der Waals surface area contributed by atoms with Crippen LogP contribution in [0.25, 0.3) is 21.7 Å². The fourth-order valence-electron chi connectivity index (χ4n) is 3.14. The van der Waals surface area contributed by atoms with Gasteiger partial charge >= 0.3 is 11.7 Å². The molecule has 4 rings (SSSR count). The van der Waals surface area contributed by atoms with E-state index >= 15 is 0 Å². The molecule has 10 nitrogen and oxygen atoms in total. The van der Waals surface area contributed by atoms with Crippen LogP contribution in [0.3, 0.4) is 0 Å². The molecule has 0 fully saturated rings. The summed E-state index contributed by atoms with van der Waals surface area (Å²) in [6.45, 7) is 1.88. The minimum Gasteiger partial charge on any atom is -0.450 e. The molecule has 170 valence electrons. The van der Waals surface area contributed by atoms with Crippen LogP contribution in [-0.4, -0.2) is 33.4 Å². The Labute approximate surface area is 195 Å². The summed E-state index contributed by atoms with van der Waals surface area (Å²) in [5, 5.41) is 14.1. The molecule has 3 heterocycles. The van der Waals surface area contributed by atoms with Crippen molar-refractivity contribution >= 4 is 51.8 Å². The molecule has 0 unspecified atom stereocenters. The first-order chi connectivity index (χ1) is 15.9. The molecule has 12 heteroatoms. The number of rotatable bonds is 8. The molecule has 33 heavy (non-hydrogen) atoms. The minimum atomic E-state index is -0.596. The van der Waals surface area contributed by atoms with E-state index < -0.39 is 17.6 Å². The highest BCUT2D eigenvalue weighted by Crippen LogP contribution is 2.30. The molecule has 0 saturated heterocycles. The fourth-order valence-corrected chi connectivity index (χ4v) is 4.78. The number of fused-ring (bicyclic) bond motifs is 1. The maximum Gasteiger partial charge on any atom is 0.411 e. The van der Waals surface area contributed by atoms with Gasteiger partial charge in [-0.3, -0.25) is 14.7 Å². The number of ether oxygens (including phenoxy) is 1. The highest BCUT2D eigenvalue weighted by molar-refractivity contribution is 7.98. The van der Waals surface area contributed by atoms with Crippen molar-refractivity contribution in [2.45, 2.75) is 24.4 Å². The lowest BCUT2D eigenvalue weighted by Gasteiger charge is -2.09. The summed E-state index contributed by atoms with van der Waals surface area (Å²) in [6.07, 6.45) is -0.596. The summed E-state index contributed by atoms with van der Waals surface area (Å²) in [5.74, 6) is 0.411. The first-order valence-corrected chi connectivity index (χ1v) is 11.7. The van der Waals surface area contributed by atoms with E-state index in [-0.39, 0.29) is 13.2 Å². The molecular weight excluding hydrogens is 466 g/mol. The number of nitrogens with one attached hydrogen (secondary N) is 1. The van der Waals surface area contributed by atoms with Crippen molar-refractivity contribution in [2.75, 3.05) is 11.9 Å². The number of carbonyl (C=O) groups is 2. The quantitative estimate of drug-likeness (QED) is 0.285. The Balaban J connectivity index is 1.61. The molecule has 0 bridgehead atoms. The average molecular weight is 486 g/mol. The summed E-state index contributed by atoms with van der Waals surface area (Å²) in [4.78, 5) is 36.3. The topological polar surface area (TPSA) is 142 Å². The van der Waals surface area contributed by atoms with Gasteiger partial charge in [0, 0.05) is 29.0 Å². The van der Waals surface area contributed by atoms with Crippen molar-refractivity contribution in [2.24, 2.45) is 5.73 Å². The number of hydrogen-bond acceptors (Lipinski definition) is 9. The predicted molar refractivity (Wildman–Crippen MR) is 125 cm³/mol. The monoisotopic (exact) mass is 485 g/mol. The number of hydrogen-bond donors (Lipinski definition) is 2. The van der Waals surface area contributed by atoms with Gasteiger partial charge in [0.25, 0.3) is 0 Å². The first-order valence-electron chi connectivity index (χ1n) is 9.83. The van der Waals surface area contributed by atoms with Crippen molar-refractivity contribution in [1.82, 2.24) is 14.8 Å². The van der Waals surface area contributed by atoms with Gasteiger partial charge in [-0.15, -0.1) is 21.5 Å². The van der Waals surface area contributed by atoms with E-state index in [1.54, 1.807) is 29.7 Å². The maximum absolute atomic E-state index is 12.1. The Bertz CT molecular complexity index is 1360. The normalized spacial score (nSPS) is 10.9. The number of thioether (sulfide) groups is 1. The second-order valence-electron chi connectivity index (χ2n) is 6.77. The zero-order chi connectivity index (χ0) is 23.4. The highest BCUT2D eigenvalue weighted by atomic mass is 32.2. The maximum atomic E-state index is 12.1. The zero-order valence-electron chi connectivity index (χ0n) is 17.4. The van der Waals surface area contributed by atoms with Gasteiger partial charge in [-0.1, -0.05) is 17.8 Å². The van der Waals surface area contributed by atoms with Crippen molar-refractivity contribution < 1.29 is 18.7 Å². The molecule has 0 spiro atoms. The smallest absolute Gasteiger partial charge is 0.411 e. The van der Waals surface area contributed by atoms with Crippen molar-refractivity contribution in [3.05, 3.63) is 57.8 Å². The molecule has 0 aliphatic rings. The van der Waals surface area contributed by atoms with Gasteiger partial charge in [0.15, 0.2) is 11.0 Å². The molecule has 3 N–H and O–H groups in total. The Morgan fingerprint density at radius 1 is 1.27 bits per heavy atom. The predicted octanol–water partition coefficient (Wildman–Crippen LogP) is 3.46. The van der Waals surface area contributed by atoms with Crippen molar-refractivity contribution in [3.63, 3.8) is 0 Å². The van der Waals surface area contributed by atoms with Gasteiger partial charge in [0.05, 0.1) is 11.5 Å². The molecule has 3 aromatic heterocycles. The Hall–Kier alpha value is -3.64. The number of nitrogens with two attached hydrogens (primary N) is 1. The fraction of sp³-hybridized carbons (Fsp3) is 0.190. The van der Waals surface area contributed by atoms with E-state index in [4.69, 9.17) is 14.9 Å². The number of thiophene rings is 1. The summed E-state index contributed by atoms with van der Waals surface area (Å²) < 4.78 is 11.8. The molecule has 2 amide bonds. The molecule has 0 atom stereocenters. The summed E-state index contributed by atoms with van der Waals surface area (Å²) in [7, 11) is 0. The van der Waals surface area contributed by atoms with Crippen molar-refractivity contribution in [3.8, 4) is 10.7 Å². The SMILES string of the molecule is CCOC(=O)Nc1ccc2c(CSc3nnc(-c4cccs4)n3CC(N)=O)cc(=O)oc2c1. The number of nitrogens with zero attached hydrogens (tertiary/aromatic N) is 3. The molecular formula is C21H19N5O5S2. The lowest BCUT2D eigenvalue weighted by molar-refractivity contribution is -0.118. The summed E-state index contributed by atoms with van der Waals surface area (Å²) in [6, 6.07) is 10.2. The number of aromatic nitrogens is 3. The number of benzene rings is 1. The first kappa shape index (κ1) is 22.6. The highest BCUT2D eigenvalue weighted by Gasteiger charge is 2.18. The minimum absolute atomic E-state index is 0.0663. The summed E-state index contributed by atoms with van der Waals surface area (Å²) in [5.41, 5.74) is 6.38. The molecule has 0 aliphatic carbocycles. The molecule has 4 aromatic rings. The van der Waals surface area contributed by atoms with E-state index in [0.717, 1.165) is 4.88 Å². The third-order valence-corrected chi connectivity index (χ3v) is 6.36. The molecule has 1 aromatic carbocycles. The average Bonchev–Trinajstić information content (AvgIpc) is 3.41. The van der Waals surface area contributed by atoms with Crippen LogP contribution in [0.2, 0.25) is 0 Å². The van der Waals surface area contributed by atoms with Gasteiger partial charge in [0.2, 0.25) is 5.91 Å². The van der Waals surface area contributed by atoms with E-state index in [9.17, 15) is 14.4 Å². The van der Waals surface area contributed by atoms with Crippen LogP contribution in [0.5, 0.6) is 0 Å². The molecule has 0 saturated carbocycles. The van der Waals surface area contributed by atoms with Crippen LogP contribution >= 0.6 is 23.1 Å². The second kappa shape index (κ2) is 9.88. The van der Waals surface area contributed by atoms with Crippen LogP contribution < -0.4 is 16.7 Å². The van der Waals surface area contributed by atoms with Crippen LogP contribution in [0, 0.1) is 0 Å². The number of carbonyl (C=O) groups excluding carboxylic acids is 2. The van der Waals surface area contributed by atoms with Crippen molar-refractivity contribution in [1.29, 1.82) is 0 Å². The lowest BCUT2D eigenvalue weighted by atomic mass is 10.1. The zero-order valence-corrected chi connectivity index (χ0v) is 19.1. The van der Waals surface area contributed by atoms with Crippen LogP contribution in [0.1, 0.15) is 12.5 Å². The standard InChI is InChI=1S/C21H19N5O5S2/c1-2-30-21(29)23-13-5-6-14-12(8-18(28)31-15(14)9-13)11-33-20-25-24-19(16-4-3-7-32-16)26(20)10-17(22)27/h3-9H,2,10-11H2,1H3,(H2,22,27)(H,23,29). The van der Waals surface area contributed by atoms with Crippen LogP contribution in [0.15, 0.2) is 56.1 Å². The third kappa shape index (κ3) is 5.23. The van der Waals surface area contributed by atoms with Crippen LogP contribution in [-0.2, 0) is 21.8 Å². The van der Waals surface area contributed by atoms with E-state index in [1.165, 1.54) is 29.2 Å². The lowest BCUT2D eigenvalue weighted by Crippen LogP contribution is -2.19. The number of amides is 2. The summed E-state index contributed by atoms with van der Waals surface area (Å²) >= 11 is 2.80. The number of anilines is 1. The van der Waals surface area contributed by atoms with Gasteiger partial charge < -0.3 is 14.9 Å². The Morgan fingerprint density at radius 3 is 2.85 bits per heavy atom. The van der Waals surface area contributed by atoms with E-state index in [2.05, 4.69) is 15.5 Å². The number of primary amides is 1.